The maximum absolute atomic E-state index is 11.5. The Bertz CT molecular complexity index is 382. The molecule has 1 aliphatic rings. The number of carbonyl (C=O) groups excluding carboxylic acids is 2. The van der Waals surface area contributed by atoms with Crippen molar-refractivity contribution in [3.8, 4) is 0 Å². The summed E-state index contributed by atoms with van der Waals surface area (Å²) in [6, 6.07) is 0. The third kappa shape index (κ3) is 6.81. The number of carbonyl (C=O) groups is 2. The summed E-state index contributed by atoms with van der Waals surface area (Å²) in [4.78, 5) is 44.7. The Labute approximate surface area is 124 Å². The molecule has 7 nitrogen and oxygen atoms in total. The number of rotatable bonds is 6. The van der Waals surface area contributed by atoms with Crippen LogP contribution >= 0.6 is 0 Å². The van der Waals surface area contributed by atoms with E-state index >= 15 is 0 Å². The SMILES string of the molecule is CC(C)(C)OOC(CN1C(=O)C=CC1=O)OOC(C)(C)C. The van der Waals surface area contributed by atoms with Gasteiger partial charge in [0, 0.05) is 12.2 Å². The van der Waals surface area contributed by atoms with Gasteiger partial charge in [0.05, 0.1) is 17.7 Å². The minimum Gasteiger partial charge on any atom is -0.270 e. The minimum absolute atomic E-state index is 0.128. The maximum Gasteiger partial charge on any atom is 0.253 e. The monoisotopic (exact) mass is 301 g/mol. The molecule has 0 aliphatic carbocycles. The molecule has 1 aliphatic heterocycles. The molecule has 2 amide bonds. The first-order chi connectivity index (χ1) is 9.48. The van der Waals surface area contributed by atoms with E-state index in [0.29, 0.717) is 0 Å². The highest BCUT2D eigenvalue weighted by molar-refractivity contribution is 6.12. The van der Waals surface area contributed by atoms with Crippen LogP contribution in [-0.2, 0) is 29.1 Å². The number of amides is 2. The van der Waals surface area contributed by atoms with Crippen LogP contribution in [0.1, 0.15) is 41.5 Å². The van der Waals surface area contributed by atoms with Gasteiger partial charge in [-0.3, -0.25) is 14.5 Å². The molecular formula is C14H23NO6. The minimum atomic E-state index is -1.05. The highest BCUT2D eigenvalue weighted by atomic mass is 17.3. The van der Waals surface area contributed by atoms with Crippen LogP contribution in [0.4, 0.5) is 0 Å². The Morgan fingerprint density at radius 2 is 1.29 bits per heavy atom. The molecule has 0 saturated carbocycles. The summed E-state index contributed by atoms with van der Waals surface area (Å²) in [6.07, 6.45) is 1.33. The van der Waals surface area contributed by atoms with E-state index in [0.717, 1.165) is 4.90 Å². The molecular weight excluding hydrogens is 278 g/mol. The Balaban J connectivity index is 2.63. The van der Waals surface area contributed by atoms with Crippen molar-refractivity contribution in [2.45, 2.75) is 59.0 Å². The molecule has 0 bridgehead atoms. The standard InChI is InChI=1S/C14H23NO6/c1-13(2,3)20-18-12(19-21-14(4,5)6)9-15-10(16)7-8-11(15)17/h7-8,12H,9H2,1-6H3. The summed E-state index contributed by atoms with van der Waals surface area (Å²) in [7, 11) is 0. The highest BCUT2D eigenvalue weighted by Crippen LogP contribution is 2.16. The third-order valence-electron chi connectivity index (χ3n) is 2.04. The molecule has 120 valence electrons. The number of hydrogen-bond donors (Lipinski definition) is 0. The molecule has 0 unspecified atom stereocenters. The van der Waals surface area contributed by atoms with Gasteiger partial charge in [-0.15, -0.1) is 0 Å². The van der Waals surface area contributed by atoms with Crippen LogP contribution < -0.4 is 0 Å². The van der Waals surface area contributed by atoms with E-state index in [1.807, 2.05) is 0 Å². The lowest BCUT2D eigenvalue weighted by Gasteiger charge is -2.27. The van der Waals surface area contributed by atoms with Gasteiger partial charge in [0.25, 0.3) is 11.8 Å². The van der Waals surface area contributed by atoms with Crippen molar-refractivity contribution in [1.82, 2.24) is 4.90 Å². The zero-order valence-electron chi connectivity index (χ0n) is 13.3. The van der Waals surface area contributed by atoms with E-state index < -0.39 is 29.3 Å². The zero-order chi connectivity index (χ0) is 16.3. The Morgan fingerprint density at radius 1 is 0.905 bits per heavy atom. The normalized spacial score (nSPS) is 16.4. The van der Waals surface area contributed by atoms with Gasteiger partial charge in [0.2, 0.25) is 6.29 Å². The van der Waals surface area contributed by atoms with Crippen molar-refractivity contribution >= 4 is 11.8 Å². The fourth-order valence-electron chi connectivity index (χ4n) is 1.23. The van der Waals surface area contributed by atoms with Crippen molar-refractivity contribution in [2.24, 2.45) is 0 Å². The second kappa shape index (κ2) is 6.65. The van der Waals surface area contributed by atoms with Gasteiger partial charge in [-0.1, -0.05) is 0 Å². The first-order valence-electron chi connectivity index (χ1n) is 6.70. The Hall–Kier alpha value is -1.28. The largest absolute Gasteiger partial charge is 0.270 e. The molecule has 0 aromatic rings. The molecule has 0 spiro atoms. The van der Waals surface area contributed by atoms with Crippen molar-refractivity contribution < 1.29 is 29.1 Å². The number of hydrogen-bond acceptors (Lipinski definition) is 6. The molecule has 0 saturated heterocycles. The number of nitrogens with zero attached hydrogens (tertiary/aromatic N) is 1. The molecule has 0 fully saturated rings. The summed E-state index contributed by atoms with van der Waals surface area (Å²) < 4.78 is 0. The highest BCUT2D eigenvalue weighted by Gasteiger charge is 2.30. The van der Waals surface area contributed by atoms with Crippen LogP contribution in [0.25, 0.3) is 0 Å². The molecule has 1 heterocycles. The second-order valence-electron chi connectivity index (χ2n) is 6.63. The lowest BCUT2D eigenvalue weighted by Crippen LogP contribution is -2.41. The van der Waals surface area contributed by atoms with Crippen LogP contribution in [0.2, 0.25) is 0 Å². The van der Waals surface area contributed by atoms with Gasteiger partial charge in [0.1, 0.15) is 0 Å². The maximum atomic E-state index is 11.5. The quantitative estimate of drug-likeness (QED) is 0.322. The molecule has 0 aromatic carbocycles. The predicted molar refractivity (Wildman–Crippen MR) is 73.5 cm³/mol. The van der Waals surface area contributed by atoms with E-state index in [2.05, 4.69) is 0 Å². The van der Waals surface area contributed by atoms with Crippen molar-refractivity contribution in [3.63, 3.8) is 0 Å². The molecule has 0 aromatic heterocycles. The Kier molecular flexibility index (Phi) is 5.63. The molecule has 0 atom stereocenters. The van der Waals surface area contributed by atoms with Crippen LogP contribution in [0.3, 0.4) is 0 Å². The second-order valence-corrected chi connectivity index (χ2v) is 6.63. The molecule has 21 heavy (non-hydrogen) atoms. The smallest absolute Gasteiger partial charge is 0.253 e. The molecule has 0 N–H and O–H groups in total. The van der Waals surface area contributed by atoms with Gasteiger partial charge < -0.3 is 0 Å². The topological polar surface area (TPSA) is 74.3 Å². The van der Waals surface area contributed by atoms with Crippen molar-refractivity contribution in [1.29, 1.82) is 0 Å². The first kappa shape index (κ1) is 17.8. The fourth-order valence-corrected chi connectivity index (χ4v) is 1.23. The van der Waals surface area contributed by atoms with Crippen LogP contribution in [-0.4, -0.2) is 40.8 Å². The first-order valence-corrected chi connectivity index (χ1v) is 6.70. The van der Waals surface area contributed by atoms with Gasteiger partial charge in [0.15, 0.2) is 0 Å². The lowest BCUT2D eigenvalue weighted by molar-refractivity contribution is -0.496. The molecule has 7 heteroatoms. The fraction of sp³-hybridized carbons (Fsp3) is 0.714. The summed E-state index contributed by atoms with van der Waals surface area (Å²) in [5.74, 6) is -0.854. The van der Waals surface area contributed by atoms with Crippen LogP contribution in [0.5, 0.6) is 0 Å². The average molecular weight is 301 g/mol. The zero-order valence-corrected chi connectivity index (χ0v) is 13.3. The van der Waals surface area contributed by atoms with E-state index in [-0.39, 0.29) is 6.54 Å². The van der Waals surface area contributed by atoms with Gasteiger partial charge >= 0.3 is 0 Å². The predicted octanol–water partition coefficient (Wildman–Crippen LogP) is 1.73. The van der Waals surface area contributed by atoms with Gasteiger partial charge in [-0.05, 0) is 41.5 Å². The summed E-state index contributed by atoms with van der Waals surface area (Å²) in [5.41, 5.74) is -1.14. The summed E-state index contributed by atoms with van der Waals surface area (Å²) in [5, 5.41) is 0. The van der Waals surface area contributed by atoms with E-state index in [1.54, 1.807) is 41.5 Å². The summed E-state index contributed by atoms with van der Waals surface area (Å²) in [6.45, 7) is 10.6. The third-order valence-corrected chi connectivity index (χ3v) is 2.04. The van der Waals surface area contributed by atoms with Gasteiger partial charge in [-0.25, -0.2) is 9.78 Å². The van der Waals surface area contributed by atoms with Crippen molar-refractivity contribution in [2.75, 3.05) is 6.54 Å². The lowest BCUT2D eigenvalue weighted by atomic mass is 10.2. The van der Waals surface area contributed by atoms with E-state index in [9.17, 15) is 9.59 Å². The van der Waals surface area contributed by atoms with Crippen molar-refractivity contribution in [3.05, 3.63) is 12.2 Å². The van der Waals surface area contributed by atoms with E-state index in [4.69, 9.17) is 19.6 Å². The Morgan fingerprint density at radius 3 is 1.62 bits per heavy atom. The van der Waals surface area contributed by atoms with Gasteiger partial charge in [-0.2, -0.15) is 9.78 Å². The van der Waals surface area contributed by atoms with Crippen LogP contribution in [0.15, 0.2) is 12.2 Å². The van der Waals surface area contributed by atoms with Crippen LogP contribution in [0, 0.1) is 0 Å². The molecule has 1 rings (SSSR count). The summed E-state index contributed by atoms with van der Waals surface area (Å²) >= 11 is 0. The average Bonchev–Trinajstić information content (AvgIpc) is 2.61. The number of imide groups is 1. The molecule has 0 radical (unpaired) electrons. The van der Waals surface area contributed by atoms with E-state index in [1.165, 1.54) is 12.2 Å².